The van der Waals surface area contributed by atoms with Gasteiger partial charge in [0.15, 0.2) is 0 Å². The summed E-state index contributed by atoms with van der Waals surface area (Å²) in [6.45, 7) is 2.01. The van der Waals surface area contributed by atoms with Crippen molar-refractivity contribution in [1.82, 2.24) is 30.1 Å². The summed E-state index contributed by atoms with van der Waals surface area (Å²) in [6, 6.07) is 17.4. The second-order valence-electron chi connectivity index (χ2n) is 6.21. The van der Waals surface area contributed by atoms with Gasteiger partial charge in [-0.25, -0.2) is 4.98 Å². The van der Waals surface area contributed by atoms with E-state index < -0.39 is 0 Å². The number of fused-ring (bicyclic) bond motifs is 1. The van der Waals surface area contributed by atoms with Crippen LogP contribution in [-0.4, -0.2) is 43.0 Å². The standard InChI is InChI=1S/C19H18N6OS/c1-13(19-20-15-10-6-7-11-16(15)27-19)24(2)17(26)12-25-22-18(21-23-25)14-8-4-3-5-9-14/h3-11,13H,12H2,1-2H3/t13-/m0/s1. The average molecular weight is 378 g/mol. The molecule has 4 rings (SSSR count). The number of rotatable bonds is 5. The van der Waals surface area contributed by atoms with Gasteiger partial charge in [-0.05, 0) is 24.3 Å². The normalized spacial score (nSPS) is 12.2. The number of aromatic nitrogens is 5. The first-order valence-electron chi connectivity index (χ1n) is 8.56. The highest BCUT2D eigenvalue weighted by Gasteiger charge is 2.21. The molecule has 0 aliphatic rings. The predicted octanol–water partition coefficient (Wildman–Crippen LogP) is 3.17. The Balaban J connectivity index is 1.47. The lowest BCUT2D eigenvalue weighted by molar-refractivity contribution is -0.132. The van der Waals surface area contributed by atoms with Crippen LogP contribution in [0, 0.1) is 0 Å². The smallest absolute Gasteiger partial charge is 0.246 e. The van der Waals surface area contributed by atoms with Crippen LogP contribution in [0.25, 0.3) is 21.6 Å². The average Bonchev–Trinajstić information content (AvgIpc) is 3.34. The minimum atomic E-state index is -0.132. The van der Waals surface area contributed by atoms with Crippen molar-refractivity contribution in [3.63, 3.8) is 0 Å². The molecule has 0 bridgehead atoms. The molecular formula is C19H18N6OS. The summed E-state index contributed by atoms with van der Waals surface area (Å²) >= 11 is 1.60. The van der Waals surface area contributed by atoms with Gasteiger partial charge in [-0.2, -0.15) is 4.80 Å². The number of thiazole rings is 1. The number of nitrogens with zero attached hydrogens (tertiary/aromatic N) is 6. The van der Waals surface area contributed by atoms with E-state index in [-0.39, 0.29) is 18.5 Å². The van der Waals surface area contributed by atoms with Gasteiger partial charge in [-0.15, -0.1) is 21.5 Å². The van der Waals surface area contributed by atoms with E-state index in [9.17, 15) is 4.79 Å². The third-order valence-corrected chi connectivity index (χ3v) is 5.61. The summed E-state index contributed by atoms with van der Waals surface area (Å²) < 4.78 is 1.12. The molecule has 0 saturated carbocycles. The Morgan fingerprint density at radius 1 is 1.15 bits per heavy atom. The van der Waals surface area contributed by atoms with Crippen LogP contribution in [-0.2, 0) is 11.3 Å². The van der Waals surface area contributed by atoms with E-state index in [0.29, 0.717) is 5.82 Å². The molecule has 27 heavy (non-hydrogen) atoms. The van der Waals surface area contributed by atoms with E-state index in [1.54, 1.807) is 23.3 Å². The monoisotopic (exact) mass is 378 g/mol. The molecule has 2 aromatic heterocycles. The van der Waals surface area contributed by atoms with Gasteiger partial charge in [0.1, 0.15) is 11.6 Å². The third kappa shape index (κ3) is 3.56. The van der Waals surface area contributed by atoms with Crippen LogP contribution in [0.2, 0.25) is 0 Å². The fraction of sp³-hybridized carbons (Fsp3) is 0.211. The zero-order valence-electron chi connectivity index (χ0n) is 15.0. The van der Waals surface area contributed by atoms with E-state index in [1.807, 2.05) is 61.5 Å². The van der Waals surface area contributed by atoms with Crippen molar-refractivity contribution < 1.29 is 4.79 Å². The molecule has 2 aromatic carbocycles. The van der Waals surface area contributed by atoms with Crippen molar-refractivity contribution in [2.45, 2.75) is 19.5 Å². The number of carbonyl (C=O) groups excluding carboxylic acids is 1. The molecule has 0 fully saturated rings. The minimum Gasteiger partial charge on any atom is -0.335 e. The van der Waals surface area contributed by atoms with E-state index in [2.05, 4.69) is 20.4 Å². The number of tetrazole rings is 1. The third-order valence-electron chi connectivity index (χ3n) is 4.40. The summed E-state index contributed by atoms with van der Waals surface area (Å²) in [7, 11) is 1.77. The van der Waals surface area contributed by atoms with E-state index in [4.69, 9.17) is 0 Å². The Hall–Kier alpha value is -3.13. The molecular weight excluding hydrogens is 360 g/mol. The maximum atomic E-state index is 12.7. The molecule has 1 atom stereocenters. The Bertz CT molecular complexity index is 1040. The topological polar surface area (TPSA) is 76.8 Å². The lowest BCUT2D eigenvalue weighted by Gasteiger charge is -2.22. The van der Waals surface area contributed by atoms with Crippen molar-refractivity contribution in [2.75, 3.05) is 7.05 Å². The van der Waals surface area contributed by atoms with Gasteiger partial charge in [0.25, 0.3) is 0 Å². The number of amides is 1. The summed E-state index contributed by atoms with van der Waals surface area (Å²) in [5.74, 6) is 0.407. The maximum Gasteiger partial charge on any atom is 0.246 e. The van der Waals surface area contributed by atoms with Gasteiger partial charge >= 0.3 is 0 Å². The van der Waals surface area contributed by atoms with Crippen molar-refractivity contribution in [3.05, 3.63) is 59.6 Å². The molecule has 136 valence electrons. The molecule has 0 spiro atoms. The van der Waals surface area contributed by atoms with Gasteiger partial charge in [0, 0.05) is 12.6 Å². The molecule has 2 heterocycles. The van der Waals surface area contributed by atoms with Gasteiger partial charge in [-0.1, -0.05) is 42.5 Å². The van der Waals surface area contributed by atoms with Crippen LogP contribution in [0.5, 0.6) is 0 Å². The predicted molar refractivity (Wildman–Crippen MR) is 104 cm³/mol. The first-order valence-corrected chi connectivity index (χ1v) is 9.38. The summed E-state index contributed by atoms with van der Waals surface area (Å²) in [6.07, 6.45) is 0. The molecule has 0 aliphatic heterocycles. The summed E-state index contributed by atoms with van der Waals surface area (Å²) in [5.41, 5.74) is 1.82. The summed E-state index contributed by atoms with van der Waals surface area (Å²) in [5, 5.41) is 13.2. The number of carbonyl (C=O) groups is 1. The van der Waals surface area contributed by atoms with Gasteiger partial charge in [0.05, 0.1) is 16.3 Å². The lowest BCUT2D eigenvalue weighted by atomic mass is 10.2. The molecule has 7 nitrogen and oxygen atoms in total. The largest absolute Gasteiger partial charge is 0.335 e. The molecule has 4 aromatic rings. The molecule has 0 aliphatic carbocycles. The van der Waals surface area contributed by atoms with Crippen molar-refractivity contribution in [2.24, 2.45) is 0 Å². The number of hydrogen-bond donors (Lipinski definition) is 0. The second-order valence-corrected chi connectivity index (χ2v) is 7.27. The van der Waals surface area contributed by atoms with Gasteiger partial charge in [0.2, 0.25) is 11.7 Å². The second kappa shape index (κ2) is 7.24. The fourth-order valence-corrected chi connectivity index (χ4v) is 3.76. The van der Waals surface area contributed by atoms with Crippen LogP contribution in [0.4, 0.5) is 0 Å². The minimum absolute atomic E-state index is 0.0333. The summed E-state index contributed by atoms with van der Waals surface area (Å²) in [4.78, 5) is 20.3. The molecule has 0 radical (unpaired) electrons. The van der Waals surface area contributed by atoms with Crippen molar-refractivity contribution in [3.8, 4) is 11.4 Å². The fourth-order valence-electron chi connectivity index (χ4n) is 2.70. The molecule has 1 amide bonds. The maximum absolute atomic E-state index is 12.7. The number of para-hydroxylation sites is 1. The van der Waals surface area contributed by atoms with E-state index in [0.717, 1.165) is 20.8 Å². The molecule has 0 saturated heterocycles. The van der Waals surface area contributed by atoms with E-state index in [1.165, 1.54) is 4.80 Å². The SMILES string of the molecule is C[C@@H](c1nc2ccccc2s1)N(C)C(=O)Cn1nnc(-c2ccccc2)n1. The van der Waals surface area contributed by atoms with Gasteiger partial charge in [-0.3, -0.25) is 4.79 Å². The van der Waals surface area contributed by atoms with Crippen LogP contribution in [0.1, 0.15) is 18.0 Å². The van der Waals surface area contributed by atoms with Crippen LogP contribution < -0.4 is 0 Å². The zero-order chi connectivity index (χ0) is 18.8. The zero-order valence-corrected chi connectivity index (χ0v) is 15.8. The highest BCUT2D eigenvalue weighted by Crippen LogP contribution is 2.28. The lowest BCUT2D eigenvalue weighted by Crippen LogP contribution is -2.33. The Kier molecular flexibility index (Phi) is 4.64. The number of likely N-dealkylation sites (N-methyl/N-ethyl adjacent to an activating group) is 1. The number of hydrogen-bond acceptors (Lipinski definition) is 6. The molecule has 0 unspecified atom stereocenters. The van der Waals surface area contributed by atoms with Crippen molar-refractivity contribution >= 4 is 27.5 Å². The van der Waals surface area contributed by atoms with Crippen molar-refractivity contribution in [1.29, 1.82) is 0 Å². The highest BCUT2D eigenvalue weighted by molar-refractivity contribution is 7.18. The van der Waals surface area contributed by atoms with E-state index >= 15 is 0 Å². The molecule has 8 heteroatoms. The van der Waals surface area contributed by atoms with Crippen LogP contribution in [0.3, 0.4) is 0 Å². The quantitative estimate of drug-likeness (QED) is 0.533. The first kappa shape index (κ1) is 17.3. The Labute approximate surface area is 160 Å². The molecule has 0 N–H and O–H groups in total. The Morgan fingerprint density at radius 2 is 1.89 bits per heavy atom. The highest BCUT2D eigenvalue weighted by atomic mass is 32.1. The van der Waals surface area contributed by atoms with Crippen LogP contribution in [0.15, 0.2) is 54.6 Å². The number of benzene rings is 2. The van der Waals surface area contributed by atoms with Gasteiger partial charge < -0.3 is 4.90 Å². The first-order chi connectivity index (χ1) is 13.1. The Morgan fingerprint density at radius 3 is 2.67 bits per heavy atom. The van der Waals surface area contributed by atoms with Crippen LogP contribution >= 0.6 is 11.3 Å².